The van der Waals surface area contributed by atoms with E-state index in [4.69, 9.17) is 16.1 Å². The second kappa shape index (κ2) is 5.11. The van der Waals surface area contributed by atoms with E-state index in [9.17, 15) is 0 Å². The van der Waals surface area contributed by atoms with E-state index in [0.717, 1.165) is 10.0 Å². The standard InChI is InChI=1S/C10H11BrN2O/c11-9-2-1-7(6-12)5-8(9)10(13)3-4-14/h1-2,5,10,14H,3-4,13H2. The predicted octanol–water partition coefficient (Wildman–Crippen LogP) is 1.70. The maximum Gasteiger partial charge on any atom is 0.0991 e. The van der Waals surface area contributed by atoms with Crippen LogP contribution in [0.5, 0.6) is 0 Å². The molecule has 1 aromatic rings. The third kappa shape index (κ3) is 2.55. The van der Waals surface area contributed by atoms with E-state index in [-0.39, 0.29) is 12.6 Å². The number of aliphatic hydroxyl groups excluding tert-OH is 1. The van der Waals surface area contributed by atoms with Gasteiger partial charge in [0.2, 0.25) is 0 Å². The molecule has 0 radical (unpaired) electrons. The van der Waals surface area contributed by atoms with Crippen molar-refractivity contribution in [3.8, 4) is 6.07 Å². The lowest BCUT2D eigenvalue weighted by atomic mass is 10.0. The van der Waals surface area contributed by atoms with Crippen molar-refractivity contribution in [1.82, 2.24) is 0 Å². The minimum atomic E-state index is -0.234. The summed E-state index contributed by atoms with van der Waals surface area (Å²) in [6, 6.07) is 7.08. The molecule has 4 heteroatoms. The average molecular weight is 255 g/mol. The summed E-state index contributed by atoms with van der Waals surface area (Å²) in [5.41, 5.74) is 7.27. The van der Waals surface area contributed by atoms with Crippen LogP contribution in [0, 0.1) is 11.3 Å². The van der Waals surface area contributed by atoms with Crippen molar-refractivity contribution in [3.63, 3.8) is 0 Å². The minimum absolute atomic E-state index is 0.0460. The van der Waals surface area contributed by atoms with Crippen LogP contribution < -0.4 is 5.73 Å². The monoisotopic (exact) mass is 254 g/mol. The molecule has 0 spiro atoms. The van der Waals surface area contributed by atoms with Crippen LogP contribution >= 0.6 is 15.9 Å². The summed E-state index contributed by atoms with van der Waals surface area (Å²) in [5.74, 6) is 0. The van der Waals surface area contributed by atoms with E-state index < -0.39 is 0 Å². The molecular formula is C10H11BrN2O. The number of aliphatic hydroxyl groups is 1. The Balaban J connectivity index is 3.01. The first-order valence-corrected chi connectivity index (χ1v) is 5.04. The quantitative estimate of drug-likeness (QED) is 0.863. The van der Waals surface area contributed by atoms with Gasteiger partial charge in [0.1, 0.15) is 0 Å². The van der Waals surface area contributed by atoms with Crippen LogP contribution in [0.4, 0.5) is 0 Å². The first kappa shape index (κ1) is 11.2. The van der Waals surface area contributed by atoms with Crippen LogP contribution in [0.3, 0.4) is 0 Å². The second-order valence-electron chi connectivity index (χ2n) is 2.97. The van der Waals surface area contributed by atoms with Crippen molar-refractivity contribution in [2.24, 2.45) is 5.73 Å². The summed E-state index contributed by atoms with van der Waals surface area (Å²) in [7, 11) is 0. The van der Waals surface area contributed by atoms with Gasteiger partial charge in [0.25, 0.3) is 0 Å². The molecule has 3 N–H and O–H groups in total. The molecule has 1 aromatic carbocycles. The van der Waals surface area contributed by atoms with Crippen LogP contribution in [-0.4, -0.2) is 11.7 Å². The fourth-order valence-electron chi connectivity index (χ4n) is 1.19. The maximum absolute atomic E-state index is 8.76. The molecule has 0 bridgehead atoms. The molecule has 0 amide bonds. The van der Waals surface area contributed by atoms with Gasteiger partial charge < -0.3 is 10.8 Å². The zero-order valence-electron chi connectivity index (χ0n) is 7.57. The van der Waals surface area contributed by atoms with Crippen LogP contribution in [0.15, 0.2) is 22.7 Å². The zero-order chi connectivity index (χ0) is 10.6. The normalized spacial score (nSPS) is 12.1. The van der Waals surface area contributed by atoms with Crippen LogP contribution in [0.25, 0.3) is 0 Å². The summed E-state index contributed by atoms with van der Waals surface area (Å²) in [4.78, 5) is 0. The molecule has 1 unspecified atom stereocenters. The van der Waals surface area contributed by atoms with E-state index in [1.807, 2.05) is 0 Å². The Hall–Kier alpha value is -0.890. The molecule has 14 heavy (non-hydrogen) atoms. The number of nitriles is 1. The minimum Gasteiger partial charge on any atom is -0.396 e. The Kier molecular flexibility index (Phi) is 4.08. The molecule has 0 fully saturated rings. The van der Waals surface area contributed by atoms with Crippen molar-refractivity contribution in [3.05, 3.63) is 33.8 Å². The van der Waals surface area contributed by atoms with Gasteiger partial charge in [0, 0.05) is 17.1 Å². The number of nitrogens with two attached hydrogens (primary N) is 1. The summed E-state index contributed by atoms with van der Waals surface area (Å²) in [6.07, 6.45) is 0.494. The molecule has 1 atom stereocenters. The van der Waals surface area contributed by atoms with Crippen molar-refractivity contribution in [2.75, 3.05) is 6.61 Å². The summed E-state index contributed by atoms with van der Waals surface area (Å²) in [5, 5.41) is 17.5. The molecule has 3 nitrogen and oxygen atoms in total. The number of hydrogen-bond acceptors (Lipinski definition) is 3. The second-order valence-corrected chi connectivity index (χ2v) is 3.82. The summed E-state index contributed by atoms with van der Waals surface area (Å²) in [6.45, 7) is 0.0460. The third-order valence-corrected chi connectivity index (χ3v) is 2.69. The van der Waals surface area contributed by atoms with Crippen molar-refractivity contribution < 1.29 is 5.11 Å². The maximum atomic E-state index is 8.76. The topological polar surface area (TPSA) is 70.0 Å². The SMILES string of the molecule is N#Cc1ccc(Br)c(C(N)CCO)c1. The van der Waals surface area contributed by atoms with Gasteiger partial charge in [0.05, 0.1) is 11.6 Å². The highest BCUT2D eigenvalue weighted by atomic mass is 79.9. The molecule has 74 valence electrons. The molecular weight excluding hydrogens is 244 g/mol. The number of rotatable bonds is 3. The number of hydrogen-bond donors (Lipinski definition) is 2. The Bertz CT molecular complexity index is 360. The Labute approximate surface area is 91.3 Å². The first-order chi connectivity index (χ1) is 6.69. The first-order valence-electron chi connectivity index (χ1n) is 4.25. The van der Waals surface area contributed by atoms with Crippen molar-refractivity contribution in [1.29, 1.82) is 5.26 Å². The van der Waals surface area contributed by atoms with Gasteiger partial charge >= 0.3 is 0 Å². The van der Waals surface area contributed by atoms with Gasteiger partial charge in [-0.15, -0.1) is 0 Å². The Morgan fingerprint density at radius 3 is 2.86 bits per heavy atom. The fraction of sp³-hybridized carbons (Fsp3) is 0.300. The number of benzene rings is 1. The highest BCUT2D eigenvalue weighted by Gasteiger charge is 2.09. The average Bonchev–Trinajstić information content (AvgIpc) is 2.19. The van der Waals surface area contributed by atoms with Gasteiger partial charge in [-0.05, 0) is 30.2 Å². The zero-order valence-corrected chi connectivity index (χ0v) is 9.16. The third-order valence-electron chi connectivity index (χ3n) is 1.96. The molecule has 0 aromatic heterocycles. The van der Waals surface area contributed by atoms with Crippen LogP contribution in [0.1, 0.15) is 23.6 Å². The van der Waals surface area contributed by atoms with E-state index in [1.54, 1.807) is 18.2 Å². The Morgan fingerprint density at radius 1 is 1.57 bits per heavy atom. The predicted molar refractivity (Wildman–Crippen MR) is 57.5 cm³/mol. The van der Waals surface area contributed by atoms with Gasteiger partial charge in [-0.1, -0.05) is 15.9 Å². The molecule has 0 saturated carbocycles. The van der Waals surface area contributed by atoms with E-state index in [0.29, 0.717) is 12.0 Å². The fourth-order valence-corrected chi connectivity index (χ4v) is 1.73. The van der Waals surface area contributed by atoms with Crippen LogP contribution in [-0.2, 0) is 0 Å². The highest BCUT2D eigenvalue weighted by Crippen LogP contribution is 2.24. The largest absolute Gasteiger partial charge is 0.396 e. The van der Waals surface area contributed by atoms with E-state index >= 15 is 0 Å². The molecule has 0 saturated heterocycles. The van der Waals surface area contributed by atoms with Crippen LogP contribution in [0.2, 0.25) is 0 Å². The molecule has 0 heterocycles. The highest BCUT2D eigenvalue weighted by molar-refractivity contribution is 9.10. The lowest BCUT2D eigenvalue weighted by molar-refractivity contribution is 0.276. The van der Waals surface area contributed by atoms with Gasteiger partial charge in [-0.3, -0.25) is 0 Å². The molecule has 1 rings (SSSR count). The Morgan fingerprint density at radius 2 is 2.29 bits per heavy atom. The van der Waals surface area contributed by atoms with E-state index in [2.05, 4.69) is 22.0 Å². The lowest BCUT2D eigenvalue weighted by Crippen LogP contribution is -2.12. The molecule has 0 aliphatic carbocycles. The van der Waals surface area contributed by atoms with Crippen molar-refractivity contribution in [2.45, 2.75) is 12.5 Å². The lowest BCUT2D eigenvalue weighted by Gasteiger charge is -2.12. The number of halogens is 1. The number of nitrogens with zero attached hydrogens (tertiary/aromatic N) is 1. The van der Waals surface area contributed by atoms with Gasteiger partial charge in [-0.25, -0.2) is 0 Å². The molecule has 0 aliphatic heterocycles. The molecule has 0 aliphatic rings. The van der Waals surface area contributed by atoms with Gasteiger partial charge in [0.15, 0.2) is 0 Å². The smallest absolute Gasteiger partial charge is 0.0991 e. The summed E-state index contributed by atoms with van der Waals surface area (Å²) >= 11 is 3.36. The summed E-state index contributed by atoms with van der Waals surface area (Å²) < 4.78 is 0.873. The van der Waals surface area contributed by atoms with Crippen molar-refractivity contribution >= 4 is 15.9 Å². The van der Waals surface area contributed by atoms with E-state index in [1.165, 1.54) is 0 Å². The van der Waals surface area contributed by atoms with Gasteiger partial charge in [-0.2, -0.15) is 5.26 Å².